The maximum atomic E-state index is 8.65. The third kappa shape index (κ3) is 7.58. The molecule has 0 fully saturated rings. The third-order valence-corrected chi connectivity index (χ3v) is 4.74. The number of hydrogen-bond donors (Lipinski definition) is 5. The molecule has 0 spiro atoms. The van der Waals surface area contributed by atoms with Crippen LogP contribution in [-0.2, 0) is 17.1 Å². The van der Waals surface area contributed by atoms with Gasteiger partial charge >= 0.3 is 0 Å². The van der Waals surface area contributed by atoms with Crippen molar-refractivity contribution in [3.8, 4) is 11.5 Å². The number of phenolic OH excluding ortho intramolecular Hbond substituents is 2. The van der Waals surface area contributed by atoms with Crippen LogP contribution in [-0.4, -0.2) is 15.9 Å². The molecule has 172 valence electrons. The summed E-state index contributed by atoms with van der Waals surface area (Å²) in [6, 6.07) is 21.5. The molecule has 0 unspecified atom stereocenters. The van der Waals surface area contributed by atoms with Crippen LogP contribution in [0.3, 0.4) is 0 Å². The van der Waals surface area contributed by atoms with Crippen LogP contribution in [0.5, 0.6) is 11.5 Å². The van der Waals surface area contributed by atoms with Gasteiger partial charge in [-0.2, -0.15) is 0 Å². The van der Waals surface area contributed by atoms with Crippen LogP contribution in [0.1, 0.15) is 18.1 Å². The van der Waals surface area contributed by atoms with Gasteiger partial charge in [0.25, 0.3) is 0 Å². The van der Waals surface area contributed by atoms with Gasteiger partial charge in [0.15, 0.2) is 0 Å². The van der Waals surface area contributed by atoms with Crippen molar-refractivity contribution in [2.24, 2.45) is 0 Å². The molecule has 0 aliphatic heterocycles. The molecule has 0 saturated carbocycles. The fourth-order valence-electron chi connectivity index (χ4n) is 3.11. The van der Waals surface area contributed by atoms with Crippen molar-refractivity contribution in [1.29, 1.82) is 5.41 Å². The van der Waals surface area contributed by atoms with E-state index in [1.807, 2.05) is 73.7 Å². The van der Waals surface area contributed by atoms with Crippen molar-refractivity contribution in [1.82, 2.24) is 0 Å². The summed E-state index contributed by atoms with van der Waals surface area (Å²) in [5.74, 6) is 0.176. The van der Waals surface area contributed by atoms with Crippen LogP contribution in [0.2, 0.25) is 0 Å². The number of benzene rings is 3. The van der Waals surface area contributed by atoms with E-state index in [0.29, 0.717) is 5.71 Å². The first-order valence-corrected chi connectivity index (χ1v) is 9.73. The second-order valence-corrected chi connectivity index (χ2v) is 7.17. The van der Waals surface area contributed by atoms with E-state index in [1.54, 1.807) is 6.07 Å². The van der Waals surface area contributed by atoms with Crippen molar-refractivity contribution in [2.75, 3.05) is 11.5 Å². The predicted octanol–water partition coefficient (Wildman–Crippen LogP) is 5.71. The minimum absolute atomic E-state index is 0. The summed E-state index contributed by atoms with van der Waals surface area (Å²) in [4.78, 5) is 0. The summed E-state index contributed by atoms with van der Waals surface area (Å²) in [5, 5.41) is 25.2. The Hall–Kier alpha value is -3.44. The summed E-state index contributed by atoms with van der Waals surface area (Å²) in [7, 11) is 0. The fraction of sp³-hybridized carbons (Fsp3) is 0.0385. The Balaban J connectivity index is 0.000000465. The van der Waals surface area contributed by atoms with Crippen molar-refractivity contribution >= 4 is 35.1 Å². The summed E-state index contributed by atoms with van der Waals surface area (Å²) < 4.78 is 0. The second kappa shape index (κ2) is 12.6. The first-order valence-electron chi connectivity index (χ1n) is 9.73. The van der Waals surface area contributed by atoms with Crippen LogP contribution in [0.25, 0.3) is 5.57 Å². The Morgan fingerprint density at radius 1 is 0.758 bits per heavy atom. The predicted molar refractivity (Wildman–Crippen MR) is 135 cm³/mol. The van der Waals surface area contributed by atoms with Gasteiger partial charge < -0.3 is 27.1 Å². The van der Waals surface area contributed by atoms with Crippen LogP contribution in [0.15, 0.2) is 102 Å². The zero-order valence-electron chi connectivity index (χ0n) is 18.0. The van der Waals surface area contributed by atoms with E-state index in [0.717, 1.165) is 39.2 Å². The SMILES string of the molecule is CC1=CC(=C(c2ccc(N)cc2)c2ccc(N)cc2)C=CC1=N.Cl.Oc1cccc(O)c1.[Fe]. The Labute approximate surface area is 210 Å². The minimum Gasteiger partial charge on any atom is -0.508 e. The Morgan fingerprint density at radius 3 is 1.58 bits per heavy atom. The molecular weight excluding hydrogens is 478 g/mol. The Morgan fingerprint density at radius 2 is 1.21 bits per heavy atom. The number of aromatic hydroxyl groups is 2. The van der Waals surface area contributed by atoms with Crippen LogP contribution in [0, 0.1) is 5.41 Å². The molecule has 0 heterocycles. The van der Waals surface area contributed by atoms with E-state index in [-0.39, 0.29) is 41.0 Å². The normalized spacial score (nSPS) is 11.8. The van der Waals surface area contributed by atoms with Gasteiger partial charge in [0, 0.05) is 34.5 Å². The number of anilines is 2. The molecule has 4 rings (SSSR count). The largest absolute Gasteiger partial charge is 0.508 e. The molecule has 0 radical (unpaired) electrons. The Bertz CT molecular complexity index is 1120. The third-order valence-electron chi connectivity index (χ3n) is 4.74. The number of halogens is 1. The second-order valence-electron chi connectivity index (χ2n) is 7.17. The molecule has 7 N–H and O–H groups in total. The molecule has 7 heteroatoms. The van der Waals surface area contributed by atoms with Gasteiger partial charge in [-0.05, 0) is 83.3 Å². The van der Waals surface area contributed by atoms with Gasteiger partial charge in [-0.25, -0.2) is 0 Å². The quantitative estimate of drug-likeness (QED) is 0.228. The molecule has 0 saturated heterocycles. The van der Waals surface area contributed by atoms with E-state index in [2.05, 4.69) is 0 Å². The number of nitrogen functional groups attached to an aromatic ring is 2. The summed E-state index contributed by atoms with van der Waals surface area (Å²) in [6.45, 7) is 1.95. The minimum atomic E-state index is 0. The molecule has 33 heavy (non-hydrogen) atoms. The van der Waals surface area contributed by atoms with Crippen molar-refractivity contribution in [2.45, 2.75) is 6.92 Å². The average Bonchev–Trinajstić information content (AvgIpc) is 2.74. The molecule has 3 aromatic carbocycles. The Kier molecular flexibility index (Phi) is 10.5. The maximum Gasteiger partial charge on any atom is 0.119 e. The van der Waals surface area contributed by atoms with Gasteiger partial charge in [-0.1, -0.05) is 36.4 Å². The number of hydrogen-bond acceptors (Lipinski definition) is 5. The molecule has 1 aliphatic carbocycles. The molecule has 0 atom stereocenters. The van der Waals surface area contributed by atoms with Gasteiger partial charge in [-0.15, -0.1) is 12.4 Å². The molecule has 1 aliphatic rings. The van der Waals surface area contributed by atoms with Gasteiger partial charge in [0.1, 0.15) is 11.5 Å². The van der Waals surface area contributed by atoms with E-state index >= 15 is 0 Å². The van der Waals surface area contributed by atoms with Crippen LogP contribution >= 0.6 is 12.4 Å². The molecular formula is C26H26ClFeN3O2. The number of allylic oxidation sites excluding steroid dienone is 5. The molecule has 5 nitrogen and oxygen atoms in total. The van der Waals surface area contributed by atoms with Gasteiger partial charge in [0.05, 0.1) is 5.71 Å². The first kappa shape index (κ1) is 27.6. The number of nitrogens with one attached hydrogen (secondary N) is 1. The van der Waals surface area contributed by atoms with Crippen molar-refractivity contribution in [3.63, 3.8) is 0 Å². The van der Waals surface area contributed by atoms with E-state index in [9.17, 15) is 0 Å². The van der Waals surface area contributed by atoms with E-state index in [1.165, 1.54) is 18.2 Å². The number of phenols is 2. The zero-order chi connectivity index (χ0) is 22.4. The smallest absolute Gasteiger partial charge is 0.119 e. The molecule has 0 aromatic heterocycles. The number of nitrogens with two attached hydrogens (primary N) is 2. The van der Waals surface area contributed by atoms with Gasteiger partial charge in [-0.3, -0.25) is 0 Å². The van der Waals surface area contributed by atoms with Crippen molar-refractivity contribution < 1.29 is 27.3 Å². The fourth-order valence-corrected chi connectivity index (χ4v) is 3.11. The molecule has 3 aromatic rings. The maximum absolute atomic E-state index is 8.65. The number of rotatable bonds is 2. The standard InChI is InChI=1S/C20H19N3.C6H6O2.ClH.Fe/c1-13-12-16(6-11-19(13)23)20(14-2-7-17(21)8-3-14)15-4-9-18(22)10-5-15;7-5-2-1-3-6(8)4-5;;/h2-12,23H,21-22H2,1H3;1-4,7-8H;1H;. The van der Waals surface area contributed by atoms with Crippen LogP contribution in [0.4, 0.5) is 11.4 Å². The van der Waals surface area contributed by atoms with E-state index in [4.69, 9.17) is 27.1 Å². The monoisotopic (exact) mass is 503 g/mol. The summed E-state index contributed by atoms with van der Waals surface area (Å²) in [5.41, 5.74) is 19.0. The zero-order valence-corrected chi connectivity index (χ0v) is 19.9. The average molecular weight is 504 g/mol. The summed E-state index contributed by atoms with van der Waals surface area (Å²) in [6.07, 6.45) is 5.86. The summed E-state index contributed by atoms with van der Waals surface area (Å²) >= 11 is 0. The topological polar surface area (TPSA) is 116 Å². The molecule has 0 amide bonds. The molecule has 0 bridgehead atoms. The first-order chi connectivity index (χ1) is 14.8. The van der Waals surface area contributed by atoms with Crippen LogP contribution < -0.4 is 11.5 Å². The van der Waals surface area contributed by atoms with E-state index < -0.39 is 0 Å². The van der Waals surface area contributed by atoms with Crippen molar-refractivity contribution in [3.05, 3.63) is 113 Å². The van der Waals surface area contributed by atoms with Gasteiger partial charge in [0.2, 0.25) is 0 Å².